The molecule has 0 saturated carbocycles. The summed E-state index contributed by atoms with van der Waals surface area (Å²) in [7, 11) is 0. The number of primary amides is 1. The molecule has 0 aliphatic carbocycles. The first kappa shape index (κ1) is 14.4. The molecule has 1 unspecified atom stereocenters. The van der Waals surface area contributed by atoms with Crippen LogP contribution in [0.25, 0.3) is 0 Å². The minimum absolute atomic E-state index is 0.182. The number of rotatable bonds is 5. The van der Waals surface area contributed by atoms with Gasteiger partial charge in [-0.1, -0.05) is 19.4 Å². The van der Waals surface area contributed by atoms with Crippen LogP contribution in [0.3, 0.4) is 0 Å². The summed E-state index contributed by atoms with van der Waals surface area (Å²) in [5.41, 5.74) is 12.9. The molecule has 1 saturated heterocycles. The van der Waals surface area contributed by atoms with Crippen molar-refractivity contribution in [3.8, 4) is 0 Å². The fraction of sp³-hybridized carbons (Fsp3) is 0.467. The van der Waals surface area contributed by atoms with Crippen molar-refractivity contribution < 1.29 is 9.59 Å². The number of carbonyl (C=O) groups is 2. The number of hydrogen-bond donors (Lipinski definition) is 2. The number of anilines is 1. The zero-order chi connectivity index (χ0) is 14.7. The number of nitrogens with zero attached hydrogens (tertiary/aromatic N) is 1. The van der Waals surface area contributed by atoms with Crippen molar-refractivity contribution in [1.82, 2.24) is 4.90 Å². The Labute approximate surface area is 118 Å². The highest BCUT2D eigenvalue weighted by Crippen LogP contribution is 2.25. The number of nitrogen functional groups attached to an aromatic ring is 1. The predicted octanol–water partition coefficient (Wildman–Crippen LogP) is 1.52. The summed E-state index contributed by atoms with van der Waals surface area (Å²) in [6.45, 7) is 3.43. The second kappa shape index (κ2) is 5.94. The highest BCUT2D eigenvalue weighted by molar-refractivity contribution is 5.93. The number of hydrogen-bond acceptors (Lipinski definition) is 3. The van der Waals surface area contributed by atoms with Crippen molar-refractivity contribution in [3.63, 3.8) is 0 Å². The van der Waals surface area contributed by atoms with E-state index < -0.39 is 5.91 Å². The van der Waals surface area contributed by atoms with E-state index in [0.29, 0.717) is 30.1 Å². The van der Waals surface area contributed by atoms with E-state index in [4.69, 9.17) is 11.5 Å². The SMILES string of the molecule is CCCC1CC(=O)N(Cc2ccc(C(N)=O)cc2N)C1. The maximum atomic E-state index is 12.0. The van der Waals surface area contributed by atoms with Crippen LogP contribution < -0.4 is 11.5 Å². The smallest absolute Gasteiger partial charge is 0.248 e. The van der Waals surface area contributed by atoms with E-state index in [1.807, 2.05) is 4.90 Å². The Morgan fingerprint density at radius 3 is 2.80 bits per heavy atom. The molecule has 1 aromatic rings. The van der Waals surface area contributed by atoms with Gasteiger partial charge in [0.05, 0.1) is 0 Å². The number of likely N-dealkylation sites (tertiary alicyclic amines) is 1. The number of carbonyl (C=O) groups excluding carboxylic acids is 2. The van der Waals surface area contributed by atoms with Crippen LogP contribution in [0.4, 0.5) is 5.69 Å². The highest BCUT2D eigenvalue weighted by Gasteiger charge is 2.29. The van der Waals surface area contributed by atoms with Gasteiger partial charge >= 0.3 is 0 Å². The molecule has 4 N–H and O–H groups in total. The van der Waals surface area contributed by atoms with E-state index in [1.165, 1.54) is 0 Å². The molecule has 108 valence electrons. The van der Waals surface area contributed by atoms with Gasteiger partial charge in [0.2, 0.25) is 11.8 Å². The van der Waals surface area contributed by atoms with Crippen LogP contribution in [-0.2, 0) is 11.3 Å². The minimum atomic E-state index is -0.497. The van der Waals surface area contributed by atoms with Crippen molar-refractivity contribution in [2.75, 3.05) is 12.3 Å². The van der Waals surface area contributed by atoms with Crippen LogP contribution in [0, 0.1) is 5.92 Å². The summed E-state index contributed by atoms with van der Waals surface area (Å²) in [4.78, 5) is 24.9. The first-order valence-corrected chi connectivity index (χ1v) is 6.97. The molecule has 1 fully saturated rings. The topological polar surface area (TPSA) is 89.4 Å². The summed E-state index contributed by atoms with van der Waals surface area (Å²) in [5.74, 6) is 0.143. The van der Waals surface area contributed by atoms with Gasteiger partial charge in [0.15, 0.2) is 0 Å². The van der Waals surface area contributed by atoms with Crippen molar-refractivity contribution >= 4 is 17.5 Å². The molecule has 1 aromatic carbocycles. The number of amides is 2. The average Bonchev–Trinajstić information content (AvgIpc) is 2.72. The van der Waals surface area contributed by atoms with Gasteiger partial charge in [-0.3, -0.25) is 9.59 Å². The van der Waals surface area contributed by atoms with Gasteiger partial charge in [-0.05, 0) is 30.0 Å². The largest absolute Gasteiger partial charge is 0.398 e. The van der Waals surface area contributed by atoms with Gasteiger partial charge in [-0.15, -0.1) is 0 Å². The van der Waals surface area contributed by atoms with E-state index in [-0.39, 0.29) is 5.91 Å². The Kier molecular flexibility index (Phi) is 4.27. The lowest BCUT2D eigenvalue weighted by Crippen LogP contribution is -2.25. The molecule has 5 nitrogen and oxygen atoms in total. The fourth-order valence-corrected chi connectivity index (χ4v) is 2.71. The molecule has 0 aromatic heterocycles. The first-order valence-electron chi connectivity index (χ1n) is 6.97. The van der Waals surface area contributed by atoms with Gasteiger partial charge in [0, 0.05) is 30.8 Å². The van der Waals surface area contributed by atoms with E-state index in [2.05, 4.69) is 6.92 Å². The van der Waals surface area contributed by atoms with Crippen molar-refractivity contribution in [2.45, 2.75) is 32.7 Å². The Bertz CT molecular complexity index is 528. The Hall–Kier alpha value is -2.04. The van der Waals surface area contributed by atoms with Gasteiger partial charge in [-0.25, -0.2) is 0 Å². The van der Waals surface area contributed by atoms with Gasteiger partial charge in [-0.2, -0.15) is 0 Å². The van der Waals surface area contributed by atoms with E-state index in [9.17, 15) is 9.59 Å². The third-order valence-corrected chi connectivity index (χ3v) is 3.78. The van der Waals surface area contributed by atoms with E-state index in [1.54, 1.807) is 18.2 Å². The Morgan fingerprint density at radius 2 is 2.20 bits per heavy atom. The molecule has 1 aliphatic rings. The van der Waals surface area contributed by atoms with Crippen LogP contribution in [0.2, 0.25) is 0 Å². The normalized spacial score (nSPS) is 18.6. The minimum Gasteiger partial charge on any atom is -0.398 e. The molecule has 20 heavy (non-hydrogen) atoms. The molecule has 2 rings (SSSR count). The molecule has 1 atom stereocenters. The van der Waals surface area contributed by atoms with Crippen molar-refractivity contribution in [3.05, 3.63) is 29.3 Å². The highest BCUT2D eigenvalue weighted by atomic mass is 16.2. The van der Waals surface area contributed by atoms with E-state index >= 15 is 0 Å². The van der Waals surface area contributed by atoms with Gasteiger partial charge in [0.1, 0.15) is 0 Å². The lowest BCUT2D eigenvalue weighted by molar-refractivity contribution is -0.128. The van der Waals surface area contributed by atoms with E-state index in [0.717, 1.165) is 24.9 Å². The summed E-state index contributed by atoms with van der Waals surface area (Å²) >= 11 is 0. The Morgan fingerprint density at radius 1 is 1.45 bits per heavy atom. The molecule has 1 aliphatic heterocycles. The fourth-order valence-electron chi connectivity index (χ4n) is 2.71. The molecule has 0 spiro atoms. The maximum Gasteiger partial charge on any atom is 0.248 e. The summed E-state index contributed by atoms with van der Waals surface area (Å²) in [5, 5.41) is 0. The lowest BCUT2D eigenvalue weighted by Gasteiger charge is -2.18. The lowest BCUT2D eigenvalue weighted by atomic mass is 10.0. The average molecular weight is 275 g/mol. The van der Waals surface area contributed by atoms with Crippen LogP contribution in [0.5, 0.6) is 0 Å². The number of benzene rings is 1. The molecule has 5 heteroatoms. The molecular formula is C15H21N3O2. The third-order valence-electron chi connectivity index (χ3n) is 3.78. The summed E-state index contributed by atoms with van der Waals surface area (Å²) < 4.78 is 0. The van der Waals surface area contributed by atoms with Crippen LogP contribution >= 0.6 is 0 Å². The molecule has 0 radical (unpaired) electrons. The van der Waals surface area contributed by atoms with Gasteiger partial charge < -0.3 is 16.4 Å². The third kappa shape index (κ3) is 3.10. The van der Waals surface area contributed by atoms with Crippen molar-refractivity contribution in [2.24, 2.45) is 11.7 Å². The molecule has 1 heterocycles. The maximum absolute atomic E-state index is 12.0. The monoisotopic (exact) mass is 275 g/mol. The zero-order valence-electron chi connectivity index (χ0n) is 11.8. The first-order chi connectivity index (χ1) is 9.51. The number of nitrogens with two attached hydrogens (primary N) is 2. The van der Waals surface area contributed by atoms with Crippen LogP contribution in [0.15, 0.2) is 18.2 Å². The van der Waals surface area contributed by atoms with Crippen LogP contribution in [0.1, 0.15) is 42.1 Å². The molecule has 0 bridgehead atoms. The zero-order valence-corrected chi connectivity index (χ0v) is 11.8. The Balaban J connectivity index is 2.07. The second-order valence-electron chi connectivity index (χ2n) is 5.41. The molecular weight excluding hydrogens is 254 g/mol. The standard InChI is InChI=1S/C15H21N3O2/c1-2-3-10-6-14(19)18(8-10)9-12-5-4-11(15(17)20)7-13(12)16/h4-5,7,10H,2-3,6,8-9,16H2,1H3,(H2,17,20). The predicted molar refractivity (Wildman–Crippen MR) is 77.8 cm³/mol. The molecule has 2 amide bonds. The summed E-state index contributed by atoms with van der Waals surface area (Å²) in [6.07, 6.45) is 2.81. The summed E-state index contributed by atoms with van der Waals surface area (Å²) in [6, 6.07) is 5.00. The van der Waals surface area contributed by atoms with Gasteiger partial charge in [0.25, 0.3) is 0 Å². The quantitative estimate of drug-likeness (QED) is 0.798. The van der Waals surface area contributed by atoms with Crippen molar-refractivity contribution in [1.29, 1.82) is 0 Å². The second-order valence-corrected chi connectivity index (χ2v) is 5.41. The van der Waals surface area contributed by atoms with Crippen LogP contribution in [-0.4, -0.2) is 23.3 Å².